The van der Waals surface area contributed by atoms with Gasteiger partial charge < -0.3 is 14.6 Å². The smallest absolute Gasteiger partial charge is 0.306 e. The summed E-state index contributed by atoms with van der Waals surface area (Å²) in [6.07, 6.45) is 17.1. The lowest BCUT2D eigenvalue weighted by Gasteiger charge is -2.15. The largest absolute Gasteiger partial charge is 0.462 e. The van der Waals surface area contributed by atoms with Crippen LogP contribution in [0.4, 0.5) is 0 Å². The van der Waals surface area contributed by atoms with Crippen molar-refractivity contribution in [3.63, 3.8) is 0 Å². The summed E-state index contributed by atoms with van der Waals surface area (Å²) in [6, 6.07) is 0. The number of aliphatic hydroxyl groups is 1. The van der Waals surface area contributed by atoms with Crippen LogP contribution >= 0.6 is 0 Å². The van der Waals surface area contributed by atoms with Gasteiger partial charge in [-0.2, -0.15) is 0 Å². The predicted octanol–water partition coefficient (Wildman–Crippen LogP) is 5.72. The van der Waals surface area contributed by atoms with Gasteiger partial charge in [-0.1, -0.05) is 90.9 Å². The lowest BCUT2D eigenvalue weighted by Crippen LogP contribution is -2.28. The topological polar surface area (TPSA) is 72.8 Å². The highest BCUT2D eigenvalue weighted by Gasteiger charge is 2.15. The highest BCUT2D eigenvalue weighted by molar-refractivity contribution is 5.70. The van der Waals surface area contributed by atoms with Gasteiger partial charge in [0.1, 0.15) is 6.61 Å². The van der Waals surface area contributed by atoms with Crippen LogP contribution < -0.4 is 0 Å². The zero-order valence-electron chi connectivity index (χ0n) is 18.4. The van der Waals surface area contributed by atoms with E-state index in [0.29, 0.717) is 19.3 Å². The maximum atomic E-state index is 11.8. The molecule has 0 amide bonds. The van der Waals surface area contributed by atoms with Gasteiger partial charge in [0.05, 0.1) is 6.61 Å². The standard InChI is InChI=1S/C23H44O5/c1-3-5-6-7-8-9-10-11-12-13-14-15-16-18-23(26)28-21(19-24)20-27-22(25)17-4-2/h21,24H,3-20H2,1-2H3/t21-/m1/s1. The van der Waals surface area contributed by atoms with Crippen LogP contribution in [0.2, 0.25) is 0 Å². The second-order valence-corrected chi connectivity index (χ2v) is 7.72. The van der Waals surface area contributed by atoms with E-state index in [1.165, 1.54) is 64.2 Å². The Morgan fingerprint density at radius 2 is 1.18 bits per heavy atom. The first-order chi connectivity index (χ1) is 13.6. The molecule has 1 atom stereocenters. The van der Waals surface area contributed by atoms with Crippen molar-refractivity contribution in [1.82, 2.24) is 0 Å². The number of hydrogen-bond acceptors (Lipinski definition) is 5. The van der Waals surface area contributed by atoms with E-state index in [-0.39, 0.29) is 25.2 Å². The van der Waals surface area contributed by atoms with Crippen molar-refractivity contribution >= 4 is 11.9 Å². The van der Waals surface area contributed by atoms with E-state index in [1.54, 1.807) is 0 Å². The maximum Gasteiger partial charge on any atom is 0.306 e. The summed E-state index contributed by atoms with van der Waals surface area (Å²) in [5.74, 6) is -0.651. The molecule has 0 aliphatic rings. The van der Waals surface area contributed by atoms with Crippen LogP contribution in [0.15, 0.2) is 0 Å². The van der Waals surface area contributed by atoms with E-state index in [2.05, 4.69) is 6.92 Å². The second-order valence-electron chi connectivity index (χ2n) is 7.72. The Balaban J connectivity index is 3.47. The fourth-order valence-electron chi connectivity index (χ4n) is 3.12. The third kappa shape index (κ3) is 18.3. The van der Waals surface area contributed by atoms with Crippen molar-refractivity contribution in [2.24, 2.45) is 0 Å². The summed E-state index contributed by atoms with van der Waals surface area (Å²) >= 11 is 0. The van der Waals surface area contributed by atoms with Gasteiger partial charge in [0.2, 0.25) is 0 Å². The van der Waals surface area contributed by atoms with E-state index in [4.69, 9.17) is 9.47 Å². The number of rotatable bonds is 20. The number of aliphatic hydroxyl groups excluding tert-OH is 1. The molecule has 0 unspecified atom stereocenters. The maximum absolute atomic E-state index is 11.8. The lowest BCUT2D eigenvalue weighted by molar-refractivity contribution is -0.161. The molecule has 0 aromatic rings. The second kappa shape index (κ2) is 20.6. The van der Waals surface area contributed by atoms with Crippen molar-refractivity contribution in [1.29, 1.82) is 0 Å². The molecule has 0 bridgehead atoms. The summed E-state index contributed by atoms with van der Waals surface area (Å²) in [7, 11) is 0. The first kappa shape index (κ1) is 26.9. The first-order valence-electron chi connectivity index (χ1n) is 11.6. The number of esters is 2. The highest BCUT2D eigenvalue weighted by Crippen LogP contribution is 2.13. The Kier molecular flexibility index (Phi) is 19.8. The molecule has 0 rings (SSSR count). The minimum absolute atomic E-state index is 0.0698. The summed E-state index contributed by atoms with van der Waals surface area (Å²) < 4.78 is 10.2. The van der Waals surface area contributed by atoms with Crippen LogP contribution in [0.3, 0.4) is 0 Å². The third-order valence-electron chi connectivity index (χ3n) is 4.87. The van der Waals surface area contributed by atoms with E-state index in [0.717, 1.165) is 19.3 Å². The number of unbranched alkanes of at least 4 members (excludes halogenated alkanes) is 12. The summed E-state index contributed by atoms with van der Waals surface area (Å²) in [5, 5.41) is 9.23. The average molecular weight is 401 g/mol. The monoisotopic (exact) mass is 400 g/mol. The Labute approximate surface area is 172 Å². The molecule has 166 valence electrons. The summed E-state index contributed by atoms with van der Waals surface area (Å²) in [5.41, 5.74) is 0. The molecule has 0 aromatic heterocycles. The zero-order chi connectivity index (χ0) is 20.9. The summed E-state index contributed by atoms with van der Waals surface area (Å²) in [6.45, 7) is 3.74. The van der Waals surface area contributed by atoms with Gasteiger partial charge in [-0.25, -0.2) is 0 Å². The van der Waals surface area contributed by atoms with Crippen molar-refractivity contribution in [3.05, 3.63) is 0 Å². The van der Waals surface area contributed by atoms with Crippen molar-refractivity contribution < 1.29 is 24.2 Å². The normalized spacial score (nSPS) is 12.0. The molecule has 0 aliphatic carbocycles. The van der Waals surface area contributed by atoms with Gasteiger partial charge in [-0.3, -0.25) is 9.59 Å². The molecule has 0 fully saturated rings. The van der Waals surface area contributed by atoms with Gasteiger partial charge >= 0.3 is 11.9 Å². The molecule has 0 heterocycles. The Morgan fingerprint density at radius 1 is 0.679 bits per heavy atom. The molecule has 1 N–H and O–H groups in total. The first-order valence-corrected chi connectivity index (χ1v) is 11.6. The quantitative estimate of drug-likeness (QED) is 0.209. The predicted molar refractivity (Wildman–Crippen MR) is 113 cm³/mol. The molecule has 0 spiro atoms. The van der Waals surface area contributed by atoms with Crippen LogP contribution in [-0.2, 0) is 19.1 Å². The van der Waals surface area contributed by atoms with Crippen LogP contribution in [0, 0.1) is 0 Å². The van der Waals surface area contributed by atoms with Crippen LogP contribution in [-0.4, -0.2) is 36.4 Å². The fraction of sp³-hybridized carbons (Fsp3) is 0.913. The third-order valence-corrected chi connectivity index (χ3v) is 4.87. The molecule has 28 heavy (non-hydrogen) atoms. The van der Waals surface area contributed by atoms with Gasteiger partial charge in [0.25, 0.3) is 0 Å². The number of ether oxygens (including phenoxy) is 2. The fourth-order valence-corrected chi connectivity index (χ4v) is 3.12. The van der Waals surface area contributed by atoms with Gasteiger partial charge in [-0.15, -0.1) is 0 Å². The molecule has 5 nitrogen and oxygen atoms in total. The molecule has 0 saturated heterocycles. The summed E-state index contributed by atoms with van der Waals surface area (Å²) in [4.78, 5) is 23.1. The van der Waals surface area contributed by atoms with Gasteiger partial charge in [0.15, 0.2) is 6.10 Å². The average Bonchev–Trinajstić information content (AvgIpc) is 2.68. The highest BCUT2D eigenvalue weighted by atomic mass is 16.6. The molecule has 0 aromatic carbocycles. The number of hydrogen-bond donors (Lipinski definition) is 1. The SMILES string of the molecule is CCCCCCCCCCCCCCCC(=O)O[C@H](CO)COC(=O)CCC. The van der Waals surface area contributed by atoms with Gasteiger partial charge in [0, 0.05) is 12.8 Å². The number of carbonyl (C=O) groups is 2. The lowest BCUT2D eigenvalue weighted by atomic mass is 10.0. The Hall–Kier alpha value is -1.10. The molecular formula is C23H44O5. The minimum Gasteiger partial charge on any atom is -0.462 e. The molecule has 0 saturated carbocycles. The van der Waals surface area contributed by atoms with Gasteiger partial charge in [-0.05, 0) is 12.8 Å². The van der Waals surface area contributed by atoms with Crippen LogP contribution in [0.25, 0.3) is 0 Å². The molecule has 0 aliphatic heterocycles. The Bertz CT molecular complexity index is 370. The number of carbonyl (C=O) groups excluding carboxylic acids is 2. The van der Waals surface area contributed by atoms with Crippen LogP contribution in [0.1, 0.15) is 117 Å². The molecular weight excluding hydrogens is 356 g/mol. The van der Waals surface area contributed by atoms with Crippen molar-refractivity contribution in [3.8, 4) is 0 Å². The van der Waals surface area contributed by atoms with E-state index in [9.17, 15) is 14.7 Å². The molecule has 0 radical (unpaired) electrons. The van der Waals surface area contributed by atoms with Crippen LogP contribution in [0.5, 0.6) is 0 Å². The Morgan fingerprint density at radius 3 is 1.64 bits per heavy atom. The van der Waals surface area contributed by atoms with E-state index in [1.807, 2.05) is 6.92 Å². The van der Waals surface area contributed by atoms with E-state index >= 15 is 0 Å². The van der Waals surface area contributed by atoms with E-state index < -0.39 is 6.10 Å². The van der Waals surface area contributed by atoms with Crippen molar-refractivity contribution in [2.75, 3.05) is 13.2 Å². The molecule has 5 heteroatoms. The van der Waals surface area contributed by atoms with Crippen molar-refractivity contribution in [2.45, 2.75) is 123 Å². The zero-order valence-corrected chi connectivity index (χ0v) is 18.4. The minimum atomic E-state index is -0.754.